The minimum Gasteiger partial charge on any atom is -0.369 e. The van der Waals surface area contributed by atoms with Gasteiger partial charge in [-0.2, -0.15) is 11.8 Å². The summed E-state index contributed by atoms with van der Waals surface area (Å²) in [5.74, 6) is 1.66. The Labute approximate surface area is 116 Å². The molecule has 5 heteroatoms. The smallest absolute Gasteiger partial charge is 0.148 e. The van der Waals surface area contributed by atoms with Crippen LogP contribution in [0.25, 0.3) is 11.3 Å². The van der Waals surface area contributed by atoms with Crippen molar-refractivity contribution in [3.8, 4) is 11.3 Å². The predicted molar refractivity (Wildman–Crippen MR) is 78.9 cm³/mol. The Morgan fingerprint density at radius 2 is 1.89 bits per heavy atom. The molecule has 0 fully saturated rings. The molecule has 0 aliphatic heterocycles. The summed E-state index contributed by atoms with van der Waals surface area (Å²) in [4.78, 5) is 0. The van der Waals surface area contributed by atoms with Gasteiger partial charge in [0.1, 0.15) is 11.6 Å². The van der Waals surface area contributed by atoms with Crippen molar-refractivity contribution in [2.75, 3.05) is 23.9 Å². The summed E-state index contributed by atoms with van der Waals surface area (Å²) in [6.45, 7) is 0.894. The first kappa shape index (κ1) is 13.8. The van der Waals surface area contributed by atoms with E-state index in [4.69, 9.17) is 0 Å². The van der Waals surface area contributed by atoms with Crippen molar-refractivity contribution in [3.05, 3.63) is 42.2 Å². The van der Waals surface area contributed by atoms with Gasteiger partial charge in [-0.25, -0.2) is 4.39 Å². The van der Waals surface area contributed by atoms with Crippen LogP contribution >= 0.6 is 11.8 Å². The topological polar surface area (TPSA) is 37.8 Å². The third-order valence-corrected chi connectivity index (χ3v) is 3.33. The summed E-state index contributed by atoms with van der Waals surface area (Å²) < 4.78 is 12.8. The Kier molecular flexibility index (Phi) is 5.15. The van der Waals surface area contributed by atoms with Gasteiger partial charge >= 0.3 is 0 Å². The minimum absolute atomic E-state index is 0.246. The van der Waals surface area contributed by atoms with Crippen molar-refractivity contribution in [2.24, 2.45) is 0 Å². The molecule has 1 aromatic carbocycles. The molecule has 0 aliphatic carbocycles. The van der Waals surface area contributed by atoms with Crippen LogP contribution in [-0.4, -0.2) is 28.8 Å². The monoisotopic (exact) mass is 277 g/mol. The number of halogens is 1. The van der Waals surface area contributed by atoms with Gasteiger partial charge in [-0.15, -0.1) is 10.2 Å². The number of nitrogens with zero attached hydrogens (tertiary/aromatic N) is 2. The standard InChI is InChI=1S/C14H16FN3S/c1-19-10-2-9-16-14-8-7-13(17-18-14)11-3-5-12(15)6-4-11/h3-8H,2,9-10H2,1H3,(H,16,18). The lowest BCUT2D eigenvalue weighted by Gasteiger charge is -2.05. The molecule has 0 atom stereocenters. The molecule has 0 saturated heterocycles. The minimum atomic E-state index is -0.246. The Morgan fingerprint density at radius 1 is 1.11 bits per heavy atom. The van der Waals surface area contributed by atoms with Gasteiger partial charge in [0, 0.05) is 12.1 Å². The van der Waals surface area contributed by atoms with Gasteiger partial charge in [0.15, 0.2) is 0 Å². The number of rotatable bonds is 6. The third kappa shape index (κ3) is 4.21. The van der Waals surface area contributed by atoms with Gasteiger partial charge in [-0.1, -0.05) is 0 Å². The van der Waals surface area contributed by atoms with E-state index in [9.17, 15) is 4.39 Å². The molecule has 1 N–H and O–H groups in total. The Hall–Kier alpha value is -1.62. The van der Waals surface area contributed by atoms with E-state index < -0.39 is 0 Å². The molecule has 1 heterocycles. The Bertz CT molecular complexity index is 499. The van der Waals surface area contributed by atoms with Crippen LogP contribution < -0.4 is 5.32 Å². The maximum absolute atomic E-state index is 12.8. The van der Waals surface area contributed by atoms with Crippen LogP contribution in [0.3, 0.4) is 0 Å². The first-order valence-corrected chi connectivity index (χ1v) is 7.51. The lowest BCUT2D eigenvalue weighted by molar-refractivity contribution is 0.628. The number of hydrogen-bond acceptors (Lipinski definition) is 4. The first-order chi connectivity index (χ1) is 9.29. The van der Waals surface area contributed by atoms with E-state index in [1.807, 2.05) is 23.9 Å². The molecule has 0 amide bonds. The number of anilines is 1. The zero-order chi connectivity index (χ0) is 13.5. The van der Waals surface area contributed by atoms with Crippen LogP contribution in [-0.2, 0) is 0 Å². The van der Waals surface area contributed by atoms with Gasteiger partial charge in [0.2, 0.25) is 0 Å². The molecule has 0 radical (unpaired) electrons. The fourth-order valence-corrected chi connectivity index (χ4v) is 2.07. The van der Waals surface area contributed by atoms with Gasteiger partial charge in [0.25, 0.3) is 0 Å². The molecule has 100 valence electrons. The van der Waals surface area contributed by atoms with Gasteiger partial charge in [0.05, 0.1) is 5.69 Å². The average Bonchev–Trinajstić information content (AvgIpc) is 2.45. The summed E-state index contributed by atoms with van der Waals surface area (Å²) >= 11 is 1.83. The van der Waals surface area contributed by atoms with Crippen molar-refractivity contribution in [3.63, 3.8) is 0 Å². The molecule has 3 nitrogen and oxygen atoms in total. The fraction of sp³-hybridized carbons (Fsp3) is 0.286. The molecule has 19 heavy (non-hydrogen) atoms. The quantitative estimate of drug-likeness (QED) is 0.821. The SMILES string of the molecule is CSCCCNc1ccc(-c2ccc(F)cc2)nn1. The van der Waals surface area contributed by atoms with E-state index >= 15 is 0 Å². The van der Waals surface area contributed by atoms with Crippen LogP contribution in [0.1, 0.15) is 6.42 Å². The van der Waals surface area contributed by atoms with Crippen molar-refractivity contribution in [1.29, 1.82) is 0 Å². The van der Waals surface area contributed by atoms with Crippen LogP contribution in [0.15, 0.2) is 36.4 Å². The summed E-state index contributed by atoms with van der Waals surface area (Å²) in [5.41, 5.74) is 1.61. The second-order valence-corrected chi connectivity index (χ2v) is 5.07. The first-order valence-electron chi connectivity index (χ1n) is 6.12. The maximum atomic E-state index is 12.8. The van der Waals surface area contributed by atoms with Crippen molar-refractivity contribution >= 4 is 17.6 Å². The van der Waals surface area contributed by atoms with Crippen LogP contribution in [0.5, 0.6) is 0 Å². The molecular weight excluding hydrogens is 261 g/mol. The zero-order valence-corrected chi connectivity index (χ0v) is 11.6. The highest BCUT2D eigenvalue weighted by atomic mass is 32.2. The highest BCUT2D eigenvalue weighted by molar-refractivity contribution is 7.98. The van der Waals surface area contributed by atoms with E-state index in [0.29, 0.717) is 0 Å². The molecule has 1 aromatic heterocycles. The van der Waals surface area contributed by atoms with Crippen molar-refractivity contribution in [2.45, 2.75) is 6.42 Å². The molecule has 2 rings (SSSR count). The Balaban J connectivity index is 1.96. The number of hydrogen-bond donors (Lipinski definition) is 1. The van der Waals surface area contributed by atoms with Crippen LogP contribution in [0, 0.1) is 5.82 Å². The van der Waals surface area contributed by atoms with E-state index in [-0.39, 0.29) is 5.82 Å². The number of aromatic nitrogens is 2. The number of benzene rings is 1. The highest BCUT2D eigenvalue weighted by Crippen LogP contribution is 2.17. The van der Waals surface area contributed by atoms with E-state index in [0.717, 1.165) is 35.8 Å². The Morgan fingerprint density at radius 3 is 2.53 bits per heavy atom. The van der Waals surface area contributed by atoms with Crippen LogP contribution in [0.2, 0.25) is 0 Å². The lowest BCUT2D eigenvalue weighted by Crippen LogP contribution is -2.05. The molecule has 0 spiro atoms. The highest BCUT2D eigenvalue weighted by Gasteiger charge is 2.01. The summed E-state index contributed by atoms with van der Waals surface area (Å²) in [5, 5.41) is 11.5. The van der Waals surface area contributed by atoms with Gasteiger partial charge in [-0.05, 0) is 54.8 Å². The normalized spacial score (nSPS) is 10.4. The molecule has 0 saturated carbocycles. The second-order valence-electron chi connectivity index (χ2n) is 4.08. The van der Waals surface area contributed by atoms with E-state index in [1.54, 1.807) is 12.1 Å². The number of thioether (sulfide) groups is 1. The molecular formula is C14H16FN3S. The summed E-state index contributed by atoms with van der Waals surface area (Å²) in [7, 11) is 0. The average molecular weight is 277 g/mol. The number of nitrogens with one attached hydrogen (secondary N) is 1. The van der Waals surface area contributed by atoms with Crippen molar-refractivity contribution < 1.29 is 4.39 Å². The van der Waals surface area contributed by atoms with Gasteiger partial charge < -0.3 is 5.32 Å². The fourth-order valence-electron chi connectivity index (χ4n) is 1.63. The zero-order valence-electron chi connectivity index (χ0n) is 10.8. The summed E-state index contributed by atoms with van der Waals surface area (Å²) in [6.07, 6.45) is 3.19. The molecule has 0 aliphatic rings. The molecule has 0 unspecified atom stereocenters. The van der Waals surface area contributed by atoms with E-state index in [1.165, 1.54) is 12.1 Å². The van der Waals surface area contributed by atoms with Gasteiger partial charge in [-0.3, -0.25) is 0 Å². The predicted octanol–water partition coefficient (Wildman–Crippen LogP) is 3.45. The second kappa shape index (κ2) is 7.09. The third-order valence-electron chi connectivity index (χ3n) is 2.64. The summed E-state index contributed by atoms with van der Waals surface area (Å²) in [6, 6.07) is 10.0. The largest absolute Gasteiger partial charge is 0.369 e. The van der Waals surface area contributed by atoms with Crippen molar-refractivity contribution in [1.82, 2.24) is 10.2 Å². The molecule has 0 bridgehead atoms. The maximum Gasteiger partial charge on any atom is 0.148 e. The molecule has 2 aromatic rings. The van der Waals surface area contributed by atoms with E-state index in [2.05, 4.69) is 21.8 Å². The lowest BCUT2D eigenvalue weighted by atomic mass is 10.1. The van der Waals surface area contributed by atoms with Crippen LogP contribution in [0.4, 0.5) is 10.2 Å².